The van der Waals surface area contributed by atoms with Crippen molar-refractivity contribution in [2.24, 2.45) is 5.41 Å². The van der Waals surface area contributed by atoms with E-state index >= 15 is 0 Å². The van der Waals surface area contributed by atoms with E-state index in [2.05, 4.69) is 49.2 Å². The first-order valence-corrected chi connectivity index (χ1v) is 5.90. The Morgan fingerprint density at radius 2 is 1.94 bits per heavy atom. The van der Waals surface area contributed by atoms with Crippen molar-refractivity contribution in [3.8, 4) is 6.07 Å². The standard InChI is InChI=1S/C14H18N2/c1-3-12-4-6-13(7-5-12)16(2)11-14(10-15)8-9-14/h4-7H,3,8-9,11H2,1-2H3. The number of benzene rings is 1. The molecule has 0 bridgehead atoms. The van der Waals surface area contributed by atoms with Gasteiger partial charge in [-0.25, -0.2) is 0 Å². The first-order chi connectivity index (χ1) is 7.69. The lowest BCUT2D eigenvalue weighted by molar-refractivity contribution is 0.653. The Bertz CT molecular complexity index is 396. The molecule has 0 amide bonds. The maximum Gasteiger partial charge on any atom is 0.0749 e. The topological polar surface area (TPSA) is 27.0 Å². The lowest BCUT2D eigenvalue weighted by atomic mass is 10.1. The highest BCUT2D eigenvalue weighted by molar-refractivity contribution is 5.47. The van der Waals surface area contributed by atoms with E-state index < -0.39 is 0 Å². The number of aryl methyl sites for hydroxylation is 1. The minimum atomic E-state index is -0.0574. The Morgan fingerprint density at radius 1 is 1.31 bits per heavy atom. The van der Waals surface area contributed by atoms with Crippen LogP contribution in [-0.4, -0.2) is 13.6 Å². The van der Waals surface area contributed by atoms with Gasteiger partial charge in [-0.1, -0.05) is 19.1 Å². The summed E-state index contributed by atoms with van der Waals surface area (Å²) in [5.74, 6) is 0. The van der Waals surface area contributed by atoms with Crippen LogP contribution in [0.1, 0.15) is 25.3 Å². The lowest BCUT2D eigenvalue weighted by Gasteiger charge is -2.22. The van der Waals surface area contributed by atoms with Crippen molar-refractivity contribution in [1.82, 2.24) is 0 Å². The Kier molecular flexibility index (Phi) is 2.87. The third kappa shape index (κ3) is 2.19. The van der Waals surface area contributed by atoms with Crippen LogP contribution in [0.3, 0.4) is 0 Å². The van der Waals surface area contributed by atoms with Crippen molar-refractivity contribution in [2.45, 2.75) is 26.2 Å². The first-order valence-electron chi connectivity index (χ1n) is 5.90. The summed E-state index contributed by atoms with van der Waals surface area (Å²) in [5.41, 5.74) is 2.51. The van der Waals surface area contributed by atoms with E-state index in [9.17, 15) is 0 Å². The molecular formula is C14H18N2. The number of nitriles is 1. The number of hydrogen-bond donors (Lipinski definition) is 0. The molecular weight excluding hydrogens is 196 g/mol. The van der Waals surface area contributed by atoms with Gasteiger partial charge in [0.15, 0.2) is 0 Å². The number of rotatable bonds is 4. The van der Waals surface area contributed by atoms with E-state index in [0.29, 0.717) is 0 Å². The highest BCUT2D eigenvalue weighted by Gasteiger charge is 2.44. The largest absolute Gasteiger partial charge is 0.373 e. The molecule has 1 aromatic carbocycles. The quantitative estimate of drug-likeness (QED) is 0.770. The maximum absolute atomic E-state index is 9.06. The van der Waals surface area contributed by atoms with Gasteiger partial charge < -0.3 is 4.90 Å². The summed E-state index contributed by atoms with van der Waals surface area (Å²) in [7, 11) is 2.07. The minimum absolute atomic E-state index is 0.0574. The molecule has 0 radical (unpaired) electrons. The van der Waals surface area contributed by atoms with Gasteiger partial charge in [0.05, 0.1) is 11.5 Å². The summed E-state index contributed by atoms with van der Waals surface area (Å²) in [6.07, 6.45) is 3.19. The molecule has 0 unspecified atom stereocenters. The summed E-state index contributed by atoms with van der Waals surface area (Å²) < 4.78 is 0. The normalized spacial score (nSPS) is 16.6. The molecule has 2 rings (SSSR count). The van der Waals surface area contributed by atoms with Crippen molar-refractivity contribution in [1.29, 1.82) is 5.26 Å². The van der Waals surface area contributed by atoms with Crippen molar-refractivity contribution < 1.29 is 0 Å². The summed E-state index contributed by atoms with van der Waals surface area (Å²) >= 11 is 0. The Hall–Kier alpha value is -1.49. The van der Waals surface area contributed by atoms with Gasteiger partial charge in [0.25, 0.3) is 0 Å². The van der Waals surface area contributed by atoms with Gasteiger partial charge in [0, 0.05) is 19.3 Å². The van der Waals surface area contributed by atoms with E-state index in [-0.39, 0.29) is 5.41 Å². The molecule has 1 fully saturated rings. The van der Waals surface area contributed by atoms with Crippen LogP contribution in [0.4, 0.5) is 5.69 Å². The zero-order valence-corrected chi connectivity index (χ0v) is 10.0. The van der Waals surface area contributed by atoms with E-state index in [1.54, 1.807) is 0 Å². The summed E-state index contributed by atoms with van der Waals surface area (Å²) in [6.45, 7) is 3.02. The maximum atomic E-state index is 9.06. The molecule has 0 heterocycles. The molecule has 1 aliphatic rings. The van der Waals surface area contributed by atoms with Crippen molar-refractivity contribution in [3.05, 3.63) is 29.8 Å². The van der Waals surface area contributed by atoms with Crippen LogP contribution in [0.2, 0.25) is 0 Å². The van der Waals surface area contributed by atoms with Crippen LogP contribution in [0.5, 0.6) is 0 Å². The van der Waals surface area contributed by atoms with Gasteiger partial charge in [-0.3, -0.25) is 0 Å². The molecule has 16 heavy (non-hydrogen) atoms. The fourth-order valence-electron chi connectivity index (χ4n) is 1.99. The third-order valence-corrected chi connectivity index (χ3v) is 3.42. The van der Waals surface area contributed by atoms with Crippen molar-refractivity contribution in [2.75, 3.05) is 18.5 Å². The molecule has 0 aromatic heterocycles. The molecule has 0 aliphatic heterocycles. The van der Waals surface area contributed by atoms with Crippen LogP contribution >= 0.6 is 0 Å². The monoisotopic (exact) mass is 214 g/mol. The lowest BCUT2D eigenvalue weighted by Crippen LogP contribution is -2.25. The minimum Gasteiger partial charge on any atom is -0.373 e. The third-order valence-electron chi connectivity index (χ3n) is 3.42. The molecule has 84 valence electrons. The second kappa shape index (κ2) is 4.17. The molecule has 1 aromatic rings. The summed E-state index contributed by atoms with van der Waals surface area (Å²) in [4.78, 5) is 2.19. The molecule has 2 heteroatoms. The van der Waals surface area contributed by atoms with E-state index in [1.165, 1.54) is 11.3 Å². The van der Waals surface area contributed by atoms with Gasteiger partial charge in [0.2, 0.25) is 0 Å². The fourth-order valence-corrected chi connectivity index (χ4v) is 1.99. The molecule has 1 saturated carbocycles. The Labute approximate surface area is 97.5 Å². The van der Waals surface area contributed by atoms with Crippen molar-refractivity contribution >= 4 is 5.69 Å². The first kappa shape index (κ1) is 11.0. The zero-order chi connectivity index (χ0) is 11.6. The predicted octanol–water partition coefficient (Wildman–Crippen LogP) is 2.99. The van der Waals surface area contributed by atoms with E-state index in [0.717, 1.165) is 25.8 Å². The predicted molar refractivity (Wildman–Crippen MR) is 66.4 cm³/mol. The van der Waals surface area contributed by atoms with Gasteiger partial charge in [0.1, 0.15) is 0 Å². The molecule has 0 atom stereocenters. The van der Waals surface area contributed by atoms with E-state index in [1.807, 2.05) is 0 Å². The molecule has 0 saturated heterocycles. The highest BCUT2D eigenvalue weighted by Crippen LogP contribution is 2.45. The average Bonchev–Trinajstić information content (AvgIpc) is 3.09. The summed E-state index contributed by atoms with van der Waals surface area (Å²) in [5, 5.41) is 9.06. The molecule has 0 N–H and O–H groups in total. The molecule has 1 aliphatic carbocycles. The van der Waals surface area contributed by atoms with E-state index in [4.69, 9.17) is 5.26 Å². The number of hydrogen-bond acceptors (Lipinski definition) is 2. The van der Waals surface area contributed by atoms with Crippen LogP contribution in [-0.2, 0) is 6.42 Å². The number of anilines is 1. The van der Waals surface area contributed by atoms with Gasteiger partial charge in [-0.15, -0.1) is 0 Å². The Morgan fingerprint density at radius 3 is 2.38 bits per heavy atom. The van der Waals surface area contributed by atoms with Gasteiger partial charge in [-0.2, -0.15) is 5.26 Å². The summed E-state index contributed by atoms with van der Waals surface area (Å²) in [6, 6.07) is 11.1. The van der Waals surface area contributed by atoms with Crippen molar-refractivity contribution in [3.63, 3.8) is 0 Å². The van der Waals surface area contributed by atoms with Gasteiger partial charge in [-0.05, 0) is 37.0 Å². The fraction of sp³-hybridized carbons (Fsp3) is 0.500. The van der Waals surface area contributed by atoms with Crippen LogP contribution < -0.4 is 4.90 Å². The molecule has 0 spiro atoms. The van der Waals surface area contributed by atoms with Crippen LogP contribution in [0.25, 0.3) is 0 Å². The second-order valence-corrected chi connectivity index (χ2v) is 4.77. The zero-order valence-electron chi connectivity index (χ0n) is 10.0. The average molecular weight is 214 g/mol. The smallest absolute Gasteiger partial charge is 0.0749 e. The Balaban J connectivity index is 2.03. The SMILES string of the molecule is CCc1ccc(N(C)CC2(C#N)CC2)cc1. The molecule has 2 nitrogen and oxygen atoms in total. The highest BCUT2D eigenvalue weighted by atomic mass is 15.1. The second-order valence-electron chi connectivity index (χ2n) is 4.77. The number of nitrogens with zero attached hydrogens (tertiary/aromatic N) is 2. The van der Waals surface area contributed by atoms with Crippen LogP contribution in [0.15, 0.2) is 24.3 Å². The van der Waals surface area contributed by atoms with Gasteiger partial charge >= 0.3 is 0 Å². The van der Waals surface area contributed by atoms with Crippen LogP contribution in [0, 0.1) is 16.7 Å².